The Morgan fingerprint density at radius 3 is 2.63 bits per heavy atom. The minimum absolute atomic E-state index is 0.106. The molecule has 0 aromatic carbocycles. The van der Waals surface area contributed by atoms with E-state index in [-0.39, 0.29) is 16.8 Å². The minimum atomic E-state index is -1.31. The molecule has 1 saturated carbocycles. The second-order valence-corrected chi connectivity index (χ2v) is 7.96. The van der Waals surface area contributed by atoms with Crippen LogP contribution < -0.4 is 10.3 Å². The first-order valence-corrected chi connectivity index (χ1v) is 10.3. The van der Waals surface area contributed by atoms with E-state index in [1.807, 2.05) is 19.1 Å². The Labute approximate surface area is 159 Å². The monoisotopic (exact) mass is 384 g/mol. The van der Waals surface area contributed by atoms with E-state index in [2.05, 4.69) is 15.0 Å². The zero-order chi connectivity index (χ0) is 19.1. The first-order chi connectivity index (χ1) is 13.0. The van der Waals surface area contributed by atoms with Gasteiger partial charge in [0.2, 0.25) is 5.88 Å². The number of rotatable bonds is 4. The van der Waals surface area contributed by atoms with Crippen LogP contribution in [0.15, 0.2) is 34.3 Å². The predicted molar refractivity (Wildman–Crippen MR) is 104 cm³/mol. The van der Waals surface area contributed by atoms with Crippen LogP contribution in [0.5, 0.6) is 5.88 Å². The van der Waals surface area contributed by atoms with Gasteiger partial charge in [-0.05, 0) is 38.3 Å². The van der Waals surface area contributed by atoms with Crippen LogP contribution in [0.3, 0.4) is 0 Å². The molecule has 0 saturated heterocycles. The molecule has 140 valence electrons. The highest BCUT2D eigenvalue weighted by molar-refractivity contribution is 7.90. The number of nitrogens with zero attached hydrogens (tertiary/aromatic N) is 4. The third kappa shape index (κ3) is 3.08. The summed E-state index contributed by atoms with van der Waals surface area (Å²) in [6.07, 6.45) is 6.14. The van der Waals surface area contributed by atoms with Crippen molar-refractivity contribution in [2.75, 3.05) is 13.4 Å². The molecular formula is C19H20N4O3S. The summed E-state index contributed by atoms with van der Waals surface area (Å²) in [7, 11) is 1.55. The second kappa shape index (κ2) is 6.94. The Balaban J connectivity index is 2.00. The molecule has 0 aliphatic heterocycles. The Hall–Kier alpha value is -2.45. The molecule has 4 rings (SSSR count). The molecule has 8 heteroatoms. The topological polar surface area (TPSA) is 93.0 Å². The SMILES string of the molecule is COc1ccc(-c2cc3c(C)nc([S+](C)[O-])nc3n(C3CCC3)c2=O)cn1. The van der Waals surface area contributed by atoms with Gasteiger partial charge in [0.15, 0.2) is 5.65 Å². The maximum Gasteiger partial charge on any atom is 0.344 e. The maximum absolute atomic E-state index is 13.3. The number of aromatic nitrogens is 4. The van der Waals surface area contributed by atoms with Crippen molar-refractivity contribution in [3.8, 4) is 17.0 Å². The van der Waals surface area contributed by atoms with Crippen molar-refractivity contribution >= 4 is 22.2 Å². The lowest BCUT2D eigenvalue weighted by atomic mass is 9.92. The van der Waals surface area contributed by atoms with Crippen molar-refractivity contribution in [2.24, 2.45) is 0 Å². The normalized spacial score (nSPS) is 15.6. The van der Waals surface area contributed by atoms with Crippen LogP contribution in [0.25, 0.3) is 22.2 Å². The number of hydrogen-bond acceptors (Lipinski definition) is 6. The predicted octanol–water partition coefficient (Wildman–Crippen LogP) is 2.63. The molecule has 7 nitrogen and oxygen atoms in total. The molecule has 1 aliphatic rings. The van der Waals surface area contributed by atoms with Gasteiger partial charge in [0.1, 0.15) is 6.26 Å². The fourth-order valence-corrected chi connectivity index (χ4v) is 3.79. The Bertz CT molecular complexity index is 1060. The van der Waals surface area contributed by atoms with Crippen molar-refractivity contribution in [1.29, 1.82) is 0 Å². The summed E-state index contributed by atoms with van der Waals surface area (Å²) < 4.78 is 18.8. The Morgan fingerprint density at radius 2 is 2.07 bits per heavy atom. The molecule has 0 N–H and O–H groups in total. The number of hydrogen-bond donors (Lipinski definition) is 0. The van der Waals surface area contributed by atoms with Gasteiger partial charge in [-0.2, -0.15) is 9.97 Å². The molecular weight excluding hydrogens is 364 g/mol. The summed E-state index contributed by atoms with van der Waals surface area (Å²) in [5.41, 5.74) is 2.44. The zero-order valence-electron chi connectivity index (χ0n) is 15.4. The van der Waals surface area contributed by atoms with E-state index in [1.54, 1.807) is 30.2 Å². The number of aryl methyl sites for hydroxylation is 1. The van der Waals surface area contributed by atoms with Gasteiger partial charge in [0.05, 0.1) is 12.8 Å². The average molecular weight is 384 g/mol. The summed E-state index contributed by atoms with van der Waals surface area (Å²) in [6.45, 7) is 1.85. The first-order valence-electron chi connectivity index (χ1n) is 8.77. The molecule has 3 heterocycles. The standard InChI is InChI=1S/C19H20N4O3S/c1-11-14-9-15(12-7-8-16(26-2)20-10-12)18(24)23(13-5-4-6-13)17(14)22-19(21-11)27(3)25/h7-10,13H,4-6H2,1-3H3. The Morgan fingerprint density at radius 1 is 1.30 bits per heavy atom. The van der Waals surface area contributed by atoms with Crippen LogP contribution >= 0.6 is 0 Å². The smallest absolute Gasteiger partial charge is 0.344 e. The van der Waals surface area contributed by atoms with E-state index in [9.17, 15) is 9.35 Å². The number of pyridine rings is 2. The van der Waals surface area contributed by atoms with Gasteiger partial charge in [-0.15, -0.1) is 0 Å². The van der Waals surface area contributed by atoms with E-state index in [1.165, 1.54) is 0 Å². The van der Waals surface area contributed by atoms with Crippen LogP contribution in [0.4, 0.5) is 0 Å². The molecule has 0 spiro atoms. The highest BCUT2D eigenvalue weighted by Gasteiger charge is 2.26. The van der Waals surface area contributed by atoms with Crippen molar-refractivity contribution in [2.45, 2.75) is 37.4 Å². The van der Waals surface area contributed by atoms with Crippen LogP contribution in [0, 0.1) is 6.92 Å². The number of fused-ring (bicyclic) bond motifs is 1. The molecule has 1 aliphatic carbocycles. The summed E-state index contributed by atoms with van der Waals surface area (Å²) in [4.78, 5) is 26.4. The lowest BCUT2D eigenvalue weighted by Crippen LogP contribution is -2.31. The van der Waals surface area contributed by atoms with E-state index in [0.717, 1.165) is 30.2 Å². The van der Waals surface area contributed by atoms with Crippen molar-refractivity contribution < 1.29 is 9.29 Å². The molecule has 1 unspecified atom stereocenters. The summed E-state index contributed by atoms with van der Waals surface area (Å²) in [5.74, 6) is 0.494. The second-order valence-electron chi connectivity index (χ2n) is 6.69. The first kappa shape index (κ1) is 17.9. The van der Waals surface area contributed by atoms with Crippen molar-refractivity contribution in [3.05, 3.63) is 40.4 Å². The molecule has 1 atom stereocenters. The molecule has 0 bridgehead atoms. The molecule has 0 amide bonds. The van der Waals surface area contributed by atoms with Gasteiger partial charge >= 0.3 is 5.16 Å². The highest BCUT2D eigenvalue weighted by atomic mass is 32.2. The van der Waals surface area contributed by atoms with Crippen LogP contribution in [-0.2, 0) is 11.2 Å². The highest BCUT2D eigenvalue weighted by Crippen LogP contribution is 2.34. The van der Waals surface area contributed by atoms with Gasteiger partial charge in [0.25, 0.3) is 5.56 Å². The van der Waals surface area contributed by atoms with E-state index < -0.39 is 11.2 Å². The molecule has 27 heavy (non-hydrogen) atoms. The molecule has 3 aromatic rings. The van der Waals surface area contributed by atoms with Crippen molar-refractivity contribution in [3.63, 3.8) is 0 Å². The van der Waals surface area contributed by atoms with Crippen LogP contribution in [0.2, 0.25) is 0 Å². The quantitative estimate of drug-likeness (QED) is 0.507. The number of methoxy groups -OCH3 is 1. The summed E-state index contributed by atoms with van der Waals surface area (Å²) >= 11 is -1.31. The molecule has 0 radical (unpaired) electrons. The largest absolute Gasteiger partial charge is 0.609 e. The van der Waals surface area contributed by atoms with Crippen LogP contribution in [-0.4, -0.2) is 37.4 Å². The van der Waals surface area contributed by atoms with Crippen LogP contribution in [0.1, 0.15) is 31.0 Å². The fraction of sp³-hybridized carbons (Fsp3) is 0.368. The molecule has 3 aromatic heterocycles. The lowest BCUT2D eigenvalue weighted by Gasteiger charge is -2.29. The van der Waals surface area contributed by atoms with E-state index in [4.69, 9.17) is 4.74 Å². The third-order valence-electron chi connectivity index (χ3n) is 5.02. The van der Waals surface area contributed by atoms with Gasteiger partial charge in [-0.25, -0.2) is 4.98 Å². The van der Waals surface area contributed by atoms with E-state index in [0.29, 0.717) is 22.8 Å². The van der Waals surface area contributed by atoms with Gasteiger partial charge in [-0.3, -0.25) is 9.36 Å². The lowest BCUT2D eigenvalue weighted by molar-refractivity contribution is 0.313. The zero-order valence-corrected chi connectivity index (χ0v) is 16.2. The minimum Gasteiger partial charge on any atom is -0.609 e. The van der Waals surface area contributed by atoms with Gasteiger partial charge < -0.3 is 9.29 Å². The average Bonchev–Trinajstić information content (AvgIpc) is 2.62. The molecule has 1 fully saturated rings. The summed E-state index contributed by atoms with van der Waals surface area (Å²) in [5, 5.41) is 1.05. The van der Waals surface area contributed by atoms with Gasteiger partial charge in [0, 0.05) is 46.0 Å². The summed E-state index contributed by atoms with van der Waals surface area (Å²) in [6, 6.07) is 5.48. The number of ether oxygens (including phenoxy) is 1. The third-order valence-corrected chi connectivity index (χ3v) is 5.71. The van der Waals surface area contributed by atoms with E-state index >= 15 is 0 Å². The Kier molecular flexibility index (Phi) is 4.61. The fourth-order valence-electron chi connectivity index (χ4n) is 3.31. The van der Waals surface area contributed by atoms with Crippen molar-refractivity contribution in [1.82, 2.24) is 19.5 Å². The maximum atomic E-state index is 13.3. The van der Waals surface area contributed by atoms with Gasteiger partial charge in [-0.1, -0.05) is 0 Å².